The molecule has 0 radical (unpaired) electrons. The highest BCUT2D eigenvalue weighted by atomic mass is 16.1. The standard InChI is InChI=1S/C13H15N3O/c14-8-10-3-1-4-11(7-10)13(17)16-9-12-5-2-6-15-12/h1-7,15H,8-9,14H2,(H,16,17). The molecule has 1 aromatic carbocycles. The van der Waals surface area contributed by atoms with E-state index in [-0.39, 0.29) is 5.91 Å². The number of carbonyl (C=O) groups is 1. The molecule has 2 aromatic rings. The Bertz CT molecular complexity index is 491. The van der Waals surface area contributed by atoms with Gasteiger partial charge in [-0.3, -0.25) is 4.79 Å². The topological polar surface area (TPSA) is 70.9 Å². The van der Waals surface area contributed by atoms with Crippen molar-refractivity contribution in [1.82, 2.24) is 10.3 Å². The van der Waals surface area contributed by atoms with Gasteiger partial charge in [0.25, 0.3) is 5.91 Å². The van der Waals surface area contributed by atoms with E-state index in [0.29, 0.717) is 18.7 Å². The molecule has 0 atom stereocenters. The molecule has 88 valence electrons. The first kappa shape index (κ1) is 11.4. The lowest BCUT2D eigenvalue weighted by Crippen LogP contribution is -2.23. The first-order valence-corrected chi connectivity index (χ1v) is 5.49. The third kappa shape index (κ3) is 2.95. The molecule has 0 saturated heterocycles. The lowest BCUT2D eigenvalue weighted by atomic mass is 10.1. The summed E-state index contributed by atoms with van der Waals surface area (Å²) in [4.78, 5) is 14.9. The van der Waals surface area contributed by atoms with Gasteiger partial charge in [0.15, 0.2) is 0 Å². The zero-order valence-corrected chi connectivity index (χ0v) is 9.44. The van der Waals surface area contributed by atoms with E-state index in [0.717, 1.165) is 11.3 Å². The molecule has 0 fully saturated rings. The molecule has 17 heavy (non-hydrogen) atoms. The Morgan fingerprint density at radius 1 is 1.29 bits per heavy atom. The van der Waals surface area contributed by atoms with Gasteiger partial charge in [0.05, 0.1) is 6.54 Å². The van der Waals surface area contributed by atoms with Gasteiger partial charge in [0.2, 0.25) is 0 Å². The molecule has 1 amide bonds. The van der Waals surface area contributed by atoms with Crippen molar-refractivity contribution in [1.29, 1.82) is 0 Å². The predicted molar refractivity (Wildman–Crippen MR) is 66.3 cm³/mol. The van der Waals surface area contributed by atoms with Crippen LogP contribution in [0, 0.1) is 0 Å². The number of carbonyl (C=O) groups excluding carboxylic acids is 1. The van der Waals surface area contributed by atoms with Crippen LogP contribution in [0.3, 0.4) is 0 Å². The highest BCUT2D eigenvalue weighted by Gasteiger charge is 2.05. The van der Waals surface area contributed by atoms with Gasteiger partial charge in [-0.25, -0.2) is 0 Å². The van der Waals surface area contributed by atoms with E-state index in [1.54, 1.807) is 6.07 Å². The Kier molecular flexibility index (Phi) is 3.57. The molecule has 0 bridgehead atoms. The third-order valence-corrected chi connectivity index (χ3v) is 2.53. The number of benzene rings is 1. The summed E-state index contributed by atoms with van der Waals surface area (Å²) >= 11 is 0. The van der Waals surface area contributed by atoms with Crippen molar-refractivity contribution in [2.24, 2.45) is 5.73 Å². The molecular formula is C13H15N3O. The van der Waals surface area contributed by atoms with Crippen LogP contribution < -0.4 is 11.1 Å². The molecule has 1 aromatic heterocycles. The molecule has 0 saturated carbocycles. The highest BCUT2D eigenvalue weighted by Crippen LogP contribution is 2.05. The van der Waals surface area contributed by atoms with E-state index in [9.17, 15) is 4.79 Å². The van der Waals surface area contributed by atoms with Gasteiger partial charge in [0.1, 0.15) is 0 Å². The van der Waals surface area contributed by atoms with Crippen LogP contribution in [0.15, 0.2) is 42.6 Å². The van der Waals surface area contributed by atoms with E-state index in [2.05, 4.69) is 10.3 Å². The summed E-state index contributed by atoms with van der Waals surface area (Å²) < 4.78 is 0. The fourth-order valence-electron chi connectivity index (χ4n) is 1.59. The lowest BCUT2D eigenvalue weighted by Gasteiger charge is -2.05. The van der Waals surface area contributed by atoms with Crippen LogP contribution in [0.5, 0.6) is 0 Å². The van der Waals surface area contributed by atoms with Gasteiger partial charge in [-0.1, -0.05) is 12.1 Å². The van der Waals surface area contributed by atoms with Crippen molar-refractivity contribution in [2.75, 3.05) is 0 Å². The summed E-state index contributed by atoms with van der Waals surface area (Å²) in [5.74, 6) is -0.0881. The molecule has 4 heteroatoms. The number of aromatic amines is 1. The quantitative estimate of drug-likeness (QED) is 0.741. The summed E-state index contributed by atoms with van der Waals surface area (Å²) in [6.45, 7) is 0.941. The summed E-state index contributed by atoms with van der Waals surface area (Å²) in [5.41, 5.74) is 8.11. The summed E-state index contributed by atoms with van der Waals surface area (Å²) in [6, 6.07) is 11.2. The fraction of sp³-hybridized carbons (Fsp3) is 0.154. The largest absolute Gasteiger partial charge is 0.364 e. The zero-order chi connectivity index (χ0) is 12.1. The van der Waals surface area contributed by atoms with Gasteiger partial charge >= 0.3 is 0 Å². The van der Waals surface area contributed by atoms with Crippen LogP contribution >= 0.6 is 0 Å². The Balaban J connectivity index is 1.99. The van der Waals surface area contributed by atoms with Gasteiger partial charge in [0, 0.05) is 24.0 Å². The number of H-pyrrole nitrogens is 1. The van der Waals surface area contributed by atoms with E-state index >= 15 is 0 Å². The van der Waals surface area contributed by atoms with E-state index in [1.165, 1.54) is 0 Å². The summed E-state index contributed by atoms with van der Waals surface area (Å²) in [7, 11) is 0. The highest BCUT2D eigenvalue weighted by molar-refractivity contribution is 5.94. The summed E-state index contributed by atoms with van der Waals surface area (Å²) in [6.07, 6.45) is 1.83. The maximum atomic E-state index is 11.8. The normalized spacial score (nSPS) is 10.2. The second-order valence-electron chi connectivity index (χ2n) is 3.78. The molecule has 4 N–H and O–H groups in total. The van der Waals surface area contributed by atoms with E-state index in [1.807, 2.05) is 36.5 Å². The molecule has 4 nitrogen and oxygen atoms in total. The number of nitrogens with one attached hydrogen (secondary N) is 2. The molecular weight excluding hydrogens is 214 g/mol. The smallest absolute Gasteiger partial charge is 0.251 e. The SMILES string of the molecule is NCc1cccc(C(=O)NCc2ccc[nH]2)c1. The predicted octanol–water partition coefficient (Wildman–Crippen LogP) is 1.40. The number of aromatic nitrogens is 1. The van der Waals surface area contributed by atoms with Gasteiger partial charge in [-0.2, -0.15) is 0 Å². The van der Waals surface area contributed by atoms with E-state index in [4.69, 9.17) is 5.73 Å². The van der Waals surface area contributed by atoms with Crippen LogP contribution in [0.1, 0.15) is 21.6 Å². The number of amides is 1. The molecule has 1 heterocycles. The zero-order valence-electron chi connectivity index (χ0n) is 9.44. The average Bonchev–Trinajstić information content (AvgIpc) is 2.89. The first-order valence-electron chi connectivity index (χ1n) is 5.49. The van der Waals surface area contributed by atoms with Crippen molar-refractivity contribution < 1.29 is 4.79 Å². The van der Waals surface area contributed by atoms with Gasteiger partial charge in [-0.15, -0.1) is 0 Å². The van der Waals surface area contributed by atoms with Gasteiger partial charge in [-0.05, 0) is 29.8 Å². The molecule has 2 rings (SSSR count). The van der Waals surface area contributed by atoms with Crippen molar-refractivity contribution in [3.8, 4) is 0 Å². The monoisotopic (exact) mass is 229 g/mol. The van der Waals surface area contributed by atoms with Crippen LogP contribution in [0.4, 0.5) is 0 Å². The number of hydrogen-bond donors (Lipinski definition) is 3. The van der Waals surface area contributed by atoms with Crippen LogP contribution in [0.25, 0.3) is 0 Å². The Hall–Kier alpha value is -2.07. The van der Waals surface area contributed by atoms with Crippen molar-refractivity contribution in [2.45, 2.75) is 13.1 Å². The number of nitrogens with two attached hydrogens (primary N) is 1. The number of hydrogen-bond acceptors (Lipinski definition) is 2. The Morgan fingerprint density at radius 2 is 2.18 bits per heavy atom. The minimum absolute atomic E-state index is 0.0881. The molecule has 0 aliphatic rings. The third-order valence-electron chi connectivity index (χ3n) is 2.53. The minimum atomic E-state index is -0.0881. The molecule has 0 unspecified atom stereocenters. The Morgan fingerprint density at radius 3 is 2.88 bits per heavy atom. The second-order valence-corrected chi connectivity index (χ2v) is 3.78. The van der Waals surface area contributed by atoms with Crippen LogP contribution in [-0.2, 0) is 13.1 Å². The van der Waals surface area contributed by atoms with Crippen molar-refractivity contribution in [3.05, 3.63) is 59.4 Å². The molecule has 0 aliphatic carbocycles. The minimum Gasteiger partial charge on any atom is -0.364 e. The van der Waals surface area contributed by atoms with Crippen LogP contribution in [-0.4, -0.2) is 10.9 Å². The second kappa shape index (κ2) is 5.32. The summed E-state index contributed by atoms with van der Waals surface area (Å²) in [5, 5.41) is 2.84. The number of rotatable bonds is 4. The lowest BCUT2D eigenvalue weighted by molar-refractivity contribution is 0.0950. The van der Waals surface area contributed by atoms with Crippen molar-refractivity contribution >= 4 is 5.91 Å². The Labute approximate surface area is 99.8 Å². The first-order chi connectivity index (χ1) is 8.29. The van der Waals surface area contributed by atoms with Crippen molar-refractivity contribution in [3.63, 3.8) is 0 Å². The van der Waals surface area contributed by atoms with Gasteiger partial charge < -0.3 is 16.0 Å². The molecule has 0 aliphatic heterocycles. The average molecular weight is 229 g/mol. The maximum absolute atomic E-state index is 11.8. The van der Waals surface area contributed by atoms with E-state index < -0.39 is 0 Å². The fourth-order valence-corrected chi connectivity index (χ4v) is 1.59. The maximum Gasteiger partial charge on any atom is 0.251 e. The van der Waals surface area contributed by atoms with Crippen LogP contribution in [0.2, 0.25) is 0 Å². The molecule has 0 spiro atoms.